The van der Waals surface area contributed by atoms with Crippen molar-refractivity contribution < 1.29 is 0 Å². The van der Waals surface area contributed by atoms with Gasteiger partial charge in [-0.05, 0) is 31.2 Å². The summed E-state index contributed by atoms with van der Waals surface area (Å²) in [7, 11) is 0. The summed E-state index contributed by atoms with van der Waals surface area (Å²) in [6.07, 6.45) is 1.95. The summed E-state index contributed by atoms with van der Waals surface area (Å²) >= 11 is 1.69. The van der Waals surface area contributed by atoms with Crippen molar-refractivity contribution in [3.05, 3.63) is 58.2 Å². The van der Waals surface area contributed by atoms with E-state index in [1.165, 1.54) is 5.39 Å². The van der Waals surface area contributed by atoms with Gasteiger partial charge in [0.2, 0.25) is 0 Å². The molecule has 20 heavy (non-hydrogen) atoms. The van der Waals surface area contributed by atoms with E-state index in [1.807, 2.05) is 31.3 Å². The standard InChI is InChI=1S/C16H17N3S/c1-3-17-16(15-10-20-11(2)19-15)13-8-12-6-4-5-7-14(12)18-9-13/h4-10,16-17H,3H2,1-2H3. The molecule has 0 radical (unpaired) electrons. The first-order valence-electron chi connectivity index (χ1n) is 6.78. The third kappa shape index (κ3) is 2.57. The van der Waals surface area contributed by atoms with Crippen molar-refractivity contribution in [3.8, 4) is 0 Å². The molecule has 3 nitrogen and oxygen atoms in total. The molecule has 0 aliphatic rings. The molecular weight excluding hydrogens is 266 g/mol. The summed E-state index contributed by atoms with van der Waals surface area (Å²) in [4.78, 5) is 9.17. The average molecular weight is 283 g/mol. The molecule has 0 spiro atoms. The van der Waals surface area contributed by atoms with Gasteiger partial charge in [-0.2, -0.15) is 0 Å². The summed E-state index contributed by atoms with van der Waals surface area (Å²) in [5.74, 6) is 0. The number of aryl methyl sites for hydroxylation is 1. The van der Waals surface area contributed by atoms with E-state index in [2.05, 4.69) is 39.7 Å². The molecule has 0 bridgehead atoms. The molecule has 1 atom stereocenters. The number of rotatable bonds is 4. The lowest BCUT2D eigenvalue weighted by atomic mass is 10.0. The second-order valence-electron chi connectivity index (χ2n) is 4.74. The number of hydrogen-bond donors (Lipinski definition) is 1. The van der Waals surface area contributed by atoms with Gasteiger partial charge in [-0.25, -0.2) is 4.98 Å². The first-order chi connectivity index (χ1) is 9.78. The molecule has 0 amide bonds. The molecule has 1 aromatic carbocycles. The summed E-state index contributed by atoms with van der Waals surface area (Å²) in [6.45, 7) is 5.05. The van der Waals surface area contributed by atoms with Crippen LogP contribution in [0.2, 0.25) is 0 Å². The topological polar surface area (TPSA) is 37.8 Å². The van der Waals surface area contributed by atoms with E-state index in [0.29, 0.717) is 0 Å². The van der Waals surface area contributed by atoms with Gasteiger partial charge < -0.3 is 5.32 Å². The normalized spacial score (nSPS) is 12.7. The van der Waals surface area contributed by atoms with Crippen LogP contribution in [0.15, 0.2) is 41.9 Å². The van der Waals surface area contributed by atoms with E-state index >= 15 is 0 Å². The Labute approximate surface area is 122 Å². The minimum Gasteiger partial charge on any atom is -0.305 e. The SMILES string of the molecule is CCNC(c1cnc2ccccc2c1)c1csc(C)n1. The molecule has 4 heteroatoms. The first-order valence-corrected chi connectivity index (χ1v) is 7.66. The number of thiazole rings is 1. The van der Waals surface area contributed by atoms with Crippen LogP contribution in [-0.2, 0) is 0 Å². The zero-order valence-electron chi connectivity index (χ0n) is 11.6. The van der Waals surface area contributed by atoms with E-state index in [1.54, 1.807) is 11.3 Å². The summed E-state index contributed by atoms with van der Waals surface area (Å²) in [5.41, 5.74) is 3.27. The predicted molar refractivity (Wildman–Crippen MR) is 84.1 cm³/mol. The highest BCUT2D eigenvalue weighted by atomic mass is 32.1. The maximum Gasteiger partial charge on any atom is 0.0898 e. The highest BCUT2D eigenvalue weighted by Gasteiger charge is 2.16. The molecule has 0 aliphatic heterocycles. The Hall–Kier alpha value is -1.78. The molecular formula is C16H17N3S. The molecule has 0 saturated carbocycles. The Balaban J connectivity index is 2.04. The molecule has 0 fully saturated rings. The largest absolute Gasteiger partial charge is 0.305 e. The highest BCUT2D eigenvalue weighted by molar-refractivity contribution is 7.09. The van der Waals surface area contributed by atoms with Crippen LogP contribution in [0.5, 0.6) is 0 Å². The molecule has 0 saturated heterocycles. The number of para-hydroxylation sites is 1. The number of benzene rings is 1. The van der Waals surface area contributed by atoms with Crippen LogP contribution < -0.4 is 5.32 Å². The van der Waals surface area contributed by atoms with E-state index in [0.717, 1.165) is 28.3 Å². The van der Waals surface area contributed by atoms with Crippen LogP contribution in [0.25, 0.3) is 10.9 Å². The van der Waals surface area contributed by atoms with Crippen molar-refractivity contribution in [1.29, 1.82) is 0 Å². The number of pyridine rings is 1. The number of aromatic nitrogens is 2. The van der Waals surface area contributed by atoms with E-state index in [9.17, 15) is 0 Å². The maximum absolute atomic E-state index is 4.61. The van der Waals surface area contributed by atoms with Crippen LogP contribution in [0.1, 0.15) is 29.2 Å². The van der Waals surface area contributed by atoms with Gasteiger partial charge in [-0.15, -0.1) is 11.3 Å². The molecule has 102 valence electrons. The van der Waals surface area contributed by atoms with Crippen LogP contribution in [0.4, 0.5) is 0 Å². The van der Waals surface area contributed by atoms with Crippen LogP contribution >= 0.6 is 11.3 Å². The van der Waals surface area contributed by atoms with E-state index in [-0.39, 0.29) is 6.04 Å². The summed E-state index contributed by atoms with van der Waals surface area (Å²) < 4.78 is 0. The third-order valence-corrected chi connectivity index (χ3v) is 4.08. The molecule has 1 N–H and O–H groups in total. The van der Waals surface area contributed by atoms with Gasteiger partial charge in [0.25, 0.3) is 0 Å². The molecule has 3 aromatic rings. The van der Waals surface area contributed by atoms with Gasteiger partial charge in [0, 0.05) is 17.0 Å². The molecule has 2 aromatic heterocycles. The predicted octanol–water partition coefficient (Wildman–Crippen LogP) is 3.70. The molecule has 0 aliphatic carbocycles. The van der Waals surface area contributed by atoms with E-state index in [4.69, 9.17) is 0 Å². The molecule has 2 heterocycles. The minimum atomic E-state index is 0.113. The fourth-order valence-corrected chi connectivity index (χ4v) is 2.99. The van der Waals surface area contributed by atoms with Crippen LogP contribution in [0.3, 0.4) is 0 Å². The van der Waals surface area contributed by atoms with Gasteiger partial charge in [0.15, 0.2) is 0 Å². The number of hydrogen-bond acceptors (Lipinski definition) is 4. The lowest BCUT2D eigenvalue weighted by Crippen LogP contribution is -2.22. The Morgan fingerprint density at radius 3 is 2.90 bits per heavy atom. The fourth-order valence-electron chi connectivity index (χ4n) is 2.36. The van der Waals surface area contributed by atoms with Crippen molar-refractivity contribution in [1.82, 2.24) is 15.3 Å². The highest BCUT2D eigenvalue weighted by Crippen LogP contribution is 2.25. The second-order valence-corrected chi connectivity index (χ2v) is 5.81. The van der Waals surface area contributed by atoms with Crippen molar-refractivity contribution in [2.24, 2.45) is 0 Å². The Kier molecular flexibility index (Phi) is 3.76. The zero-order valence-corrected chi connectivity index (χ0v) is 12.4. The monoisotopic (exact) mass is 283 g/mol. The third-order valence-electron chi connectivity index (χ3n) is 3.29. The lowest BCUT2D eigenvalue weighted by Gasteiger charge is -2.16. The van der Waals surface area contributed by atoms with Gasteiger partial charge in [0.1, 0.15) is 0 Å². The molecule has 1 unspecified atom stereocenters. The Morgan fingerprint density at radius 1 is 1.30 bits per heavy atom. The quantitative estimate of drug-likeness (QED) is 0.793. The van der Waals surface area contributed by atoms with Crippen LogP contribution in [-0.4, -0.2) is 16.5 Å². The number of nitrogens with one attached hydrogen (secondary N) is 1. The van der Waals surface area contributed by atoms with Crippen molar-refractivity contribution in [2.75, 3.05) is 6.54 Å². The Bertz CT molecular complexity index is 720. The molecule has 3 rings (SSSR count). The number of fused-ring (bicyclic) bond motifs is 1. The summed E-state index contributed by atoms with van der Waals surface area (Å²) in [5, 5.41) is 7.88. The van der Waals surface area contributed by atoms with Gasteiger partial charge >= 0.3 is 0 Å². The smallest absolute Gasteiger partial charge is 0.0898 e. The first kappa shape index (κ1) is 13.2. The zero-order chi connectivity index (χ0) is 13.9. The van der Waals surface area contributed by atoms with E-state index < -0.39 is 0 Å². The van der Waals surface area contributed by atoms with Crippen LogP contribution in [0, 0.1) is 6.92 Å². The fraction of sp³-hybridized carbons (Fsp3) is 0.250. The average Bonchev–Trinajstić information content (AvgIpc) is 2.90. The maximum atomic E-state index is 4.61. The second kappa shape index (κ2) is 5.69. The van der Waals surface area contributed by atoms with Crippen molar-refractivity contribution in [3.63, 3.8) is 0 Å². The lowest BCUT2D eigenvalue weighted by molar-refractivity contribution is 0.616. The summed E-state index contributed by atoms with van der Waals surface area (Å²) in [6, 6.07) is 10.5. The Morgan fingerprint density at radius 2 is 2.15 bits per heavy atom. The van der Waals surface area contributed by atoms with Crippen molar-refractivity contribution >= 4 is 22.2 Å². The van der Waals surface area contributed by atoms with Gasteiger partial charge in [0.05, 0.1) is 22.3 Å². The van der Waals surface area contributed by atoms with Gasteiger partial charge in [-0.3, -0.25) is 4.98 Å². The van der Waals surface area contributed by atoms with Crippen molar-refractivity contribution in [2.45, 2.75) is 19.9 Å². The minimum absolute atomic E-state index is 0.113. The van der Waals surface area contributed by atoms with Gasteiger partial charge in [-0.1, -0.05) is 25.1 Å². The number of nitrogens with zero attached hydrogens (tertiary/aromatic N) is 2.